The molecule has 15 heavy (non-hydrogen) atoms. The second-order valence-electron chi connectivity index (χ2n) is 3.84. The Morgan fingerprint density at radius 1 is 1.33 bits per heavy atom. The van der Waals surface area contributed by atoms with Gasteiger partial charge in [-0.05, 0) is 37.0 Å². The molecule has 0 heterocycles. The van der Waals surface area contributed by atoms with Gasteiger partial charge in [-0.25, -0.2) is 0 Å². The quantitative estimate of drug-likeness (QED) is 0.778. The summed E-state index contributed by atoms with van der Waals surface area (Å²) >= 11 is 0. The van der Waals surface area contributed by atoms with Crippen LogP contribution in [0.15, 0.2) is 18.2 Å². The lowest BCUT2D eigenvalue weighted by atomic mass is 10.1. The van der Waals surface area contributed by atoms with Crippen molar-refractivity contribution in [1.29, 1.82) is 0 Å². The predicted molar refractivity (Wildman–Crippen MR) is 64.3 cm³/mol. The number of benzene rings is 1. The maximum Gasteiger partial charge on any atom is 0.122 e. The largest absolute Gasteiger partial charge is 0.492 e. The molecule has 2 heteroatoms. The molecule has 0 radical (unpaired) electrons. The van der Waals surface area contributed by atoms with E-state index in [0.717, 1.165) is 12.2 Å². The van der Waals surface area contributed by atoms with Crippen molar-refractivity contribution < 1.29 is 4.74 Å². The van der Waals surface area contributed by atoms with E-state index in [0.29, 0.717) is 13.2 Å². The molecule has 0 unspecified atom stereocenters. The predicted octanol–water partition coefficient (Wildman–Crippen LogP) is 2.68. The monoisotopic (exact) mass is 207 g/mol. The molecule has 0 aliphatic rings. The van der Waals surface area contributed by atoms with Crippen molar-refractivity contribution in [1.82, 2.24) is 0 Å². The molecule has 0 amide bonds. The van der Waals surface area contributed by atoms with Gasteiger partial charge in [-0.3, -0.25) is 0 Å². The van der Waals surface area contributed by atoms with Crippen LogP contribution in [0.5, 0.6) is 5.75 Å². The van der Waals surface area contributed by atoms with Gasteiger partial charge < -0.3 is 10.5 Å². The number of ether oxygens (including phenoxy) is 1. The van der Waals surface area contributed by atoms with Crippen LogP contribution in [0.2, 0.25) is 0 Å². The van der Waals surface area contributed by atoms with E-state index >= 15 is 0 Å². The summed E-state index contributed by atoms with van der Waals surface area (Å²) < 4.78 is 5.52. The first-order valence-electron chi connectivity index (χ1n) is 5.70. The Balaban J connectivity index is 2.61. The number of nitrogens with two attached hydrogens (primary N) is 1. The Morgan fingerprint density at radius 2 is 2.13 bits per heavy atom. The number of hydrogen-bond donors (Lipinski definition) is 1. The third-order valence-corrected chi connectivity index (χ3v) is 2.43. The lowest BCUT2D eigenvalue weighted by Crippen LogP contribution is -2.11. The maximum atomic E-state index is 5.52. The van der Waals surface area contributed by atoms with Crippen molar-refractivity contribution in [2.24, 2.45) is 5.73 Å². The molecule has 1 aromatic rings. The summed E-state index contributed by atoms with van der Waals surface area (Å²) in [4.78, 5) is 0. The van der Waals surface area contributed by atoms with E-state index < -0.39 is 0 Å². The molecule has 2 N–H and O–H groups in total. The Bertz CT molecular complexity index is 297. The molecular formula is C13H21NO. The fraction of sp³-hybridized carbons (Fsp3) is 0.538. The molecule has 0 saturated heterocycles. The van der Waals surface area contributed by atoms with Crippen LogP contribution in [0.25, 0.3) is 0 Å². The minimum Gasteiger partial charge on any atom is -0.492 e. The van der Waals surface area contributed by atoms with Crippen molar-refractivity contribution in [2.45, 2.75) is 33.1 Å². The van der Waals surface area contributed by atoms with Crippen LogP contribution >= 0.6 is 0 Å². The first-order chi connectivity index (χ1) is 7.27. The van der Waals surface area contributed by atoms with Crippen LogP contribution in [-0.2, 0) is 6.42 Å². The van der Waals surface area contributed by atoms with Gasteiger partial charge in [-0.2, -0.15) is 0 Å². The molecule has 0 spiro atoms. The van der Waals surface area contributed by atoms with E-state index in [9.17, 15) is 0 Å². The lowest BCUT2D eigenvalue weighted by molar-refractivity contribution is 0.326. The summed E-state index contributed by atoms with van der Waals surface area (Å²) in [6.45, 7) is 5.46. The molecule has 0 saturated carbocycles. The van der Waals surface area contributed by atoms with Gasteiger partial charge in [0.25, 0.3) is 0 Å². The SMILES string of the molecule is CCCCc1ccc(OCCN)c(C)c1. The molecule has 84 valence electrons. The molecule has 0 aliphatic carbocycles. The van der Waals surface area contributed by atoms with Crippen LogP contribution in [0, 0.1) is 6.92 Å². The molecule has 0 aromatic heterocycles. The fourth-order valence-electron chi connectivity index (χ4n) is 1.58. The Hall–Kier alpha value is -1.02. The van der Waals surface area contributed by atoms with Crippen molar-refractivity contribution in [3.05, 3.63) is 29.3 Å². The van der Waals surface area contributed by atoms with Gasteiger partial charge in [0, 0.05) is 6.54 Å². The highest BCUT2D eigenvalue weighted by atomic mass is 16.5. The van der Waals surface area contributed by atoms with E-state index in [-0.39, 0.29) is 0 Å². The summed E-state index contributed by atoms with van der Waals surface area (Å²) in [6, 6.07) is 6.41. The topological polar surface area (TPSA) is 35.2 Å². The smallest absolute Gasteiger partial charge is 0.122 e. The molecule has 2 nitrogen and oxygen atoms in total. The van der Waals surface area contributed by atoms with E-state index in [1.807, 2.05) is 0 Å². The summed E-state index contributed by atoms with van der Waals surface area (Å²) in [5, 5.41) is 0. The minimum absolute atomic E-state index is 0.566. The van der Waals surface area contributed by atoms with Crippen molar-refractivity contribution in [3.8, 4) is 5.75 Å². The van der Waals surface area contributed by atoms with Crippen LogP contribution in [-0.4, -0.2) is 13.2 Å². The first kappa shape index (κ1) is 12.1. The third kappa shape index (κ3) is 3.92. The first-order valence-corrected chi connectivity index (χ1v) is 5.70. The lowest BCUT2D eigenvalue weighted by Gasteiger charge is -2.09. The van der Waals surface area contributed by atoms with E-state index in [4.69, 9.17) is 10.5 Å². The fourth-order valence-corrected chi connectivity index (χ4v) is 1.58. The molecule has 0 atom stereocenters. The summed E-state index contributed by atoms with van der Waals surface area (Å²) in [6.07, 6.45) is 3.65. The van der Waals surface area contributed by atoms with Crippen molar-refractivity contribution in [3.63, 3.8) is 0 Å². The number of aryl methyl sites for hydroxylation is 2. The van der Waals surface area contributed by atoms with E-state index in [1.165, 1.54) is 24.0 Å². The van der Waals surface area contributed by atoms with Crippen LogP contribution in [0.1, 0.15) is 30.9 Å². The normalized spacial score (nSPS) is 10.3. The molecular weight excluding hydrogens is 186 g/mol. The van der Waals surface area contributed by atoms with Crippen LogP contribution < -0.4 is 10.5 Å². The van der Waals surface area contributed by atoms with Gasteiger partial charge in [0.15, 0.2) is 0 Å². The van der Waals surface area contributed by atoms with Gasteiger partial charge in [-0.1, -0.05) is 25.5 Å². The van der Waals surface area contributed by atoms with Crippen LogP contribution in [0.4, 0.5) is 0 Å². The van der Waals surface area contributed by atoms with Gasteiger partial charge in [0.05, 0.1) is 0 Å². The average Bonchev–Trinajstić information content (AvgIpc) is 2.25. The maximum absolute atomic E-state index is 5.52. The molecule has 1 aromatic carbocycles. The zero-order valence-corrected chi connectivity index (χ0v) is 9.75. The summed E-state index contributed by atoms with van der Waals surface area (Å²) in [5.41, 5.74) is 8.00. The van der Waals surface area contributed by atoms with Gasteiger partial charge in [0.1, 0.15) is 12.4 Å². The van der Waals surface area contributed by atoms with Gasteiger partial charge >= 0.3 is 0 Å². The second kappa shape index (κ2) is 6.46. The Morgan fingerprint density at radius 3 is 2.73 bits per heavy atom. The van der Waals surface area contributed by atoms with Crippen LogP contribution in [0.3, 0.4) is 0 Å². The standard InChI is InChI=1S/C13H21NO/c1-3-4-5-12-6-7-13(11(2)10-12)15-9-8-14/h6-7,10H,3-5,8-9,14H2,1-2H3. The third-order valence-electron chi connectivity index (χ3n) is 2.43. The van der Waals surface area contributed by atoms with E-state index in [2.05, 4.69) is 32.0 Å². The Kier molecular flexibility index (Phi) is 5.19. The zero-order valence-electron chi connectivity index (χ0n) is 9.75. The molecule has 0 aliphatic heterocycles. The second-order valence-corrected chi connectivity index (χ2v) is 3.84. The molecule has 1 rings (SSSR count). The summed E-state index contributed by atoms with van der Waals surface area (Å²) in [7, 11) is 0. The van der Waals surface area contributed by atoms with Crippen molar-refractivity contribution in [2.75, 3.05) is 13.2 Å². The number of unbranched alkanes of at least 4 members (excludes halogenated alkanes) is 1. The van der Waals surface area contributed by atoms with E-state index in [1.54, 1.807) is 0 Å². The zero-order chi connectivity index (χ0) is 11.1. The molecule has 0 bridgehead atoms. The highest BCUT2D eigenvalue weighted by Crippen LogP contribution is 2.19. The Labute approximate surface area is 92.4 Å². The number of hydrogen-bond acceptors (Lipinski definition) is 2. The van der Waals surface area contributed by atoms with Gasteiger partial charge in [0.2, 0.25) is 0 Å². The van der Waals surface area contributed by atoms with Crippen molar-refractivity contribution >= 4 is 0 Å². The van der Waals surface area contributed by atoms with Gasteiger partial charge in [-0.15, -0.1) is 0 Å². The average molecular weight is 207 g/mol. The highest BCUT2D eigenvalue weighted by Gasteiger charge is 2.00. The minimum atomic E-state index is 0.566. The summed E-state index contributed by atoms with van der Waals surface area (Å²) in [5.74, 6) is 0.959. The highest BCUT2D eigenvalue weighted by molar-refractivity contribution is 5.36. The number of rotatable bonds is 6. The molecule has 0 fully saturated rings.